The zero-order valence-electron chi connectivity index (χ0n) is 6.94. The van der Waals surface area contributed by atoms with Crippen molar-refractivity contribution in [3.8, 4) is 0 Å². The van der Waals surface area contributed by atoms with E-state index < -0.39 is 9.05 Å². The molecule has 1 aliphatic rings. The summed E-state index contributed by atoms with van der Waals surface area (Å²) in [5.41, 5.74) is 0. The van der Waals surface area contributed by atoms with Gasteiger partial charge >= 0.3 is 0 Å². The second-order valence-electron chi connectivity index (χ2n) is 3.11. The Balaban J connectivity index is 2.50. The van der Waals surface area contributed by atoms with Crippen LogP contribution in [0.3, 0.4) is 0 Å². The lowest BCUT2D eigenvalue weighted by Gasteiger charge is -1.98. The maximum atomic E-state index is 11.0. The highest BCUT2D eigenvalue weighted by atomic mass is 35.7. The SMILES string of the molecule is Cn1c(C2CC2)nnc1S(=O)(=O)Cl. The Hall–Kier alpha value is -0.620. The lowest BCUT2D eigenvalue weighted by Crippen LogP contribution is -2.03. The molecule has 5 nitrogen and oxygen atoms in total. The van der Waals surface area contributed by atoms with E-state index in [-0.39, 0.29) is 5.16 Å². The molecule has 1 aromatic heterocycles. The van der Waals surface area contributed by atoms with Crippen LogP contribution >= 0.6 is 10.7 Å². The molecule has 0 N–H and O–H groups in total. The van der Waals surface area contributed by atoms with Gasteiger partial charge in [0.15, 0.2) is 0 Å². The van der Waals surface area contributed by atoms with E-state index in [0.29, 0.717) is 11.7 Å². The molecule has 2 rings (SSSR count). The largest absolute Gasteiger partial charge is 0.304 e. The smallest absolute Gasteiger partial charge is 0.296 e. The number of halogens is 1. The van der Waals surface area contributed by atoms with Crippen LogP contribution in [0, 0.1) is 0 Å². The van der Waals surface area contributed by atoms with Gasteiger partial charge in [-0.1, -0.05) is 0 Å². The molecule has 7 heteroatoms. The van der Waals surface area contributed by atoms with Crippen LogP contribution in [-0.4, -0.2) is 23.2 Å². The molecule has 1 aromatic rings. The van der Waals surface area contributed by atoms with Gasteiger partial charge in [0.2, 0.25) is 0 Å². The molecule has 0 aliphatic heterocycles. The third-order valence-electron chi connectivity index (χ3n) is 2.03. The summed E-state index contributed by atoms with van der Waals surface area (Å²) in [6.45, 7) is 0. The molecule has 1 saturated carbocycles. The molecule has 0 unspecified atom stereocenters. The number of hydrogen-bond acceptors (Lipinski definition) is 4. The molecular formula is C6H8ClN3O2S. The van der Waals surface area contributed by atoms with Crippen LogP contribution in [0.4, 0.5) is 0 Å². The fourth-order valence-corrected chi connectivity index (χ4v) is 2.20. The summed E-state index contributed by atoms with van der Waals surface area (Å²) in [5, 5.41) is 7.16. The monoisotopic (exact) mass is 221 g/mol. The lowest BCUT2D eigenvalue weighted by molar-refractivity contribution is 0.590. The predicted molar refractivity (Wildman–Crippen MR) is 46.0 cm³/mol. The van der Waals surface area contributed by atoms with Gasteiger partial charge in [-0.25, -0.2) is 8.42 Å². The second kappa shape index (κ2) is 2.68. The highest BCUT2D eigenvalue weighted by molar-refractivity contribution is 8.13. The van der Waals surface area contributed by atoms with Crippen molar-refractivity contribution in [1.82, 2.24) is 14.8 Å². The molecule has 0 aromatic carbocycles. The third kappa shape index (κ3) is 1.55. The third-order valence-corrected chi connectivity index (χ3v) is 3.23. The molecular weight excluding hydrogens is 214 g/mol. The van der Waals surface area contributed by atoms with Gasteiger partial charge < -0.3 is 4.57 Å². The van der Waals surface area contributed by atoms with E-state index in [1.807, 2.05) is 0 Å². The Morgan fingerprint density at radius 1 is 1.46 bits per heavy atom. The van der Waals surface area contributed by atoms with Crippen molar-refractivity contribution in [2.75, 3.05) is 0 Å². The van der Waals surface area contributed by atoms with Gasteiger partial charge in [0, 0.05) is 23.6 Å². The van der Waals surface area contributed by atoms with Gasteiger partial charge in [-0.3, -0.25) is 0 Å². The Kier molecular flexibility index (Phi) is 1.85. The van der Waals surface area contributed by atoms with Crippen molar-refractivity contribution in [3.05, 3.63) is 5.82 Å². The number of aromatic nitrogens is 3. The highest BCUT2D eigenvalue weighted by Gasteiger charge is 2.31. The molecule has 0 atom stereocenters. The molecule has 72 valence electrons. The molecule has 0 bridgehead atoms. The van der Waals surface area contributed by atoms with Gasteiger partial charge in [0.05, 0.1) is 0 Å². The number of nitrogens with zero attached hydrogens (tertiary/aromatic N) is 3. The van der Waals surface area contributed by atoms with Gasteiger partial charge in [0.1, 0.15) is 5.82 Å². The van der Waals surface area contributed by atoms with E-state index >= 15 is 0 Å². The van der Waals surface area contributed by atoms with Crippen molar-refractivity contribution >= 4 is 19.7 Å². The van der Waals surface area contributed by atoms with Crippen LogP contribution < -0.4 is 0 Å². The summed E-state index contributed by atoms with van der Waals surface area (Å²) in [4.78, 5) is 0. The fraction of sp³-hybridized carbons (Fsp3) is 0.667. The zero-order chi connectivity index (χ0) is 9.64. The Labute approximate surface area is 80.1 Å². The summed E-state index contributed by atoms with van der Waals surface area (Å²) in [6.07, 6.45) is 2.10. The van der Waals surface area contributed by atoms with E-state index in [4.69, 9.17) is 10.7 Å². The first-order chi connectivity index (χ1) is 6.00. The summed E-state index contributed by atoms with van der Waals surface area (Å²) < 4.78 is 23.3. The molecule has 1 aliphatic carbocycles. The van der Waals surface area contributed by atoms with Crippen LogP contribution in [0.25, 0.3) is 0 Å². The summed E-state index contributed by atoms with van der Waals surface area (Å²) in [6, 6.07) is 0. The molecule has 0 radical (unpaired) electrons. The first-order valence-electron chi connectivity index (χ1n) is 3.84. The standard InChI is InChI=1S/C6H8ClN3O2S/c1-10-5(4-2-3-4)8-9-6(10)13(7,11)12/h4H,2-3H2,1H3. The van der Waals surface area contributed by atoms with Crippen LogP contribution in [0.15, 0.2) is 5.16 Å². The first kappa shape index (κ1) is 8.96. The van der Waals surface area contributed by atoms with E-state index in [2.05, 4.69) is 10.2 Å². The Morgan fingerprint density at radius 2 is 2.08 bits per heavy atom. The van der Waals surface area contributed by atoms with Crippen LogP contribution in [0.1, 0.15) is 24.6 Å². The molecule has 0 spiro atoms. The Morgan fingerprint density at radius 3 is 2.46 bits per heavy atom. The second-order valence-corrected chi connectivity index (χ2v) is 5.57. The van der Waals surface area contributed by atoms with Crippen LogP contribution in [0.2, 0.25) is 0 Å². The lowest BCUT2D eigenvalue weighted by atomic mass is 10.4. The maximum Gasteiger partial charge on any atom is 0.296 e. The van der Waals surface area contributed by atoms with Crippen molar-refractivity contribution in [3.63, 3.8) is 0 Å². The topological polar surface area (TPSA) is 64.8 Å². The summed E-state index contributed by atoms with van der Waals surface area (Å²) >= 11 is 0. The first-order valence-corrected chi connectivity index (χ1v) is 6.15. The summed E-state index contributed by atoms with van der Waals surface area (Å²) in [5.74, 6) is 1.07. The number of rotatable bonds is 2. The maximum absolute atomic E-state index is 11.0. The minimum absolute atomic E-state index is 0.170. The van der Waals surface area contributed by atoms with Crippen molar-refractivity contribution in [2.45, 2.75) is 23.9 Å². The minimum atomic E-state index is -3.76. The van der Waals surface area contributed by atoms with Gasteiger partial charge in [0.25, 0.3) is 14.2 Å². The van der Waals surface area contributed by atoms with Crippen molar-refractivity contribution in [1.29, 1.82) is 0 Å². The van der Waals surface area contributed by atoms with Crippen molar-refractivity contribution < 1.29 is 8.42 Å². The van der Waals surface area contributed by atoms with Crippen molar-refractivity contribution in [2.24, 2.45) is 7.05 Å². The quantitative estimate of drug-likeness (QED) is 0.687. The molecule has 1 heterocycles. The highest BCUT2D eigenvalue weighted by Crippen LogP contribution is 2.39. The minimum Gasteiger partial charge on any atom is -0.304 e. The predicted octanol–water partition coefficient (Wildman–Crippen LogP) is 0.620. The zero-order valence-corrected chi connectivity index (χ0v) is 8.51. The average molecular weight is 222 g/mol. The number of hydrogen-bond donors (Lipinski definition) is 0. The normalized spacial score (nSPS) is 17.7. The van der Waals surface area contributed by atoms with Crippen LogP contribution in [0.5, 0.6) is 0 Å². The van der Waals surface area contributed by atoms with Gasteiger partial charge in [-0.2, -0.15) is 0 Å². The van der Waals surface area contributed by atoms with Gasteiger partial charge in [-0.15, -0.1) is 10.2 Å². The van der Waals surface area contributed by atoms with Gasteiger partial charge in [-0.05, 0) is 12.8 Å². The van der Waals surface area contributed by atoms with E-state index in [1.165, 1.54) is 4.57 Å². The molecule has 13 heavy (non-hydrogen) atoms. The Bertz CT molecular complexity index is 435. The van der Waals surface area contributed by atoms with E-state index in [1.54, 1.807) is 7.05 Å². The molecule has 1 fully saturated rings. The molecule has 0 amide bonds. The van der Waals surface area contributed by atoms with E-state index in [0.717, 1.165) is 12.8 Å². The van der Waals surface area contributed by atoms with E-state index in [9.17, 15) is 8.42 Å². The average Bonchev–Trinajstić information content (AvgIpc) is 2.73. The molecule has 0 saturated heterocycles. The summed E-state index contributed by atoms with van der Waals surface area (Å²) in [7, 11) is 3.01. The van der Waals surface area contributed by atoms with Crippen LogP contribution in [-0.2, 0) is 16.1 Å². The fourth-order valence-electron chi connectivity index (χ4n) is 1.24.